The maximum absolute atomic E-state index is 11.4. The van der Waals surface area contributed by atoms with Gasteiger partial charge in [0.2, 0.25) is 0 Å². The molecule has 0 spiro atoms. The van der Waals surface area contributed by atoms with Crippen LogP contribution in [0.3, 0.4) is 0 Å². The van der Waals surface area contributed by atoms with Crippen molar-refractivity contribution >= 4 is 17.1 Å². The van der Waals surface area contributed by atoms with E-state index in [9.17, 15) is 9.59 Å². The number of rotatable bonds is 6. The van der Waals surface area contributed by atoms with Gasteiger partial charge in [0, 0.05) is 7.05 Å². The normalized spacial score (nSPS) is 12.7. The summed E-state index contributed by atoms with van der Waals surface area (Å²) in [5.74, 6) is -1.33. The number of hydrogen-bond donors (Lipinski definition) is 2. The zero-order valence-corrected chi connectivity index (χ0v) is 11.3. The van der Waals surface area contributed by atoms with Crippen LogP contribution in [0.2, 0.25) is 0 Å². The van der Waals surface area contributed by atoms with Gasteiger partial charge in [0.15, 0.2) is 5.58 Å². The van der Waals surface area contributed by atoms with Gasteiger partial charge in [0.1, 0.15) is 6.04 Å². The number of nitrogens with zero attached hydrogens (tertiary/aromatic N) is 1. The molecule has 20 heavy (non-hydrogen) atoms. The van der Waals surface area contributed by atoms with Crippen molar-refractivity contribution in [3.05, 3.63) is 34.3 Å². The first-order valence-electron chi connectivity index (χ1n) is 6.56. The molecule has 108 valence electrons. The van der Waals surface area contributed by atoms with Crippen LogP contribution >= 0.6 is 0 Å². The minimum Gasteiger partial charge on any atom is -0.480 e. The van der Waals surface area contributed by atoms with Crippen molar-refractivity contribution in [3.8, 4) is 0 Å². The lowest BCUT2D eigenvalue weighted by atomic mass is 10.0. The summed E-state index contributed by atoms with van der Waals surface area (Å²) >= 11 is 0. The average Bonchev–Trinajstić information content (AvgIpc) is 2.70. The second kappa shape index (κ2) is 5.92. The van der Waals surface area contributed by atoms with Crippen molar-refractivity contribution in [2.75, 3.05) is 0 Å². The van der Waals surface area contributed by atoms with E-state index < -0.39 is 12.0 Å². The summed E-state index contributed by atoms with van der Waals surface area (Å²) < 4.78 is 6.53. The Balaban J connectivity index is 1.95. The van der Waals surface area contributed by atoms with Gasteiger partial charge in [-0.15, -0.1) is 0 Å². The van der Waals surface area contributed by atoms with Crippen LogP contribution < -0.4 is 11.5 Å². The van der Waals surface area contributed by atoms with Gasteiger partial charge in [-0.25, -0.2) is 4.79 Å². The number of fused-ring (bicyclic) bond motifs is 1. The fraction of sp³-hybridized carbons (Fsp3) is 0.429. The smallest absolute Gasteiger partial charge is 0.419 e. The van der Waals surface area contributed by atoms with E-state index in [4.69, 9.17) is 15.3 Å². The fourth-order valence-corrected chi connectivity index (χ4v) is 2.14. The van der Waals surface area contributed by atoms with Crippen LogP contribution in [0.25, 0.3) is 11.1 Å². The molecule has 1 aromatic heterocycles. The van der Waals surface area contributed by atoms with Gasteiger partial charge < -0.3 is 15.3 Å². The maximum atomic E-state index is 11.4. The molecule has 3 N–H and O–H groups in total. The molecule has 0 aliphatic rings. The number of carboxylic acids is 1. The van der Waals surface area contributed by atoms with Crippen LogP contribution in [0.15, 0.2) is 27.4 Å². The van der Waals surface area contributed by atoms with Crippen molar-refractivity contribution in [2.24, 2.45) is 12.8 Å². The molecule has 1 aromatic carbocycles. The van der Waals surface area contributed by atoms with Crippen LogP contribution in [0, 0.1) is 0 Å². The van der Waals surface area contributed by atoms with Gasteiger partial charge in [-0.05, 0) is 37.0 Å². The van der Waals surface area contributed by atoms with E-state index in [0.29, 0.717) is 12.0 Å². The monoisotopic (exact) mass is 278 g/mol. The molecule has 1 unspecified atom stereocenters. The Bertz CT molecular complexity index is 671. The average molecular weight is 278 g/mol. The minimum atomic E-state index is -0.959. The van der Waals surface area contributed by atoms with E-state index in [1.165, 1.54) is 4.57 Å². The molecule has 0 saturated heterocycles. The highest BCUT2D eigenvalue weighted by Gasteiger charge is 2.10. The third-order valence-corrected chi connectivity index (χ3v) is 3.40. The number of nitrogens with two attached hydrogens (primary N) is 1. The molecule has 0 amide bonds. The summed E-state index contributed by atoms with van der Waals surface area (Å²) in [5, 5.41) is 8.68. The van der Waals surface area contributed by atoms with E-state index in [-0.39, 0.29) is 5.76 Å². The van der Waals surface area contributed by atoms with Gasteiger partial charge in [-0.3, -0.25) is 9.36 Å². The first-order valence-corrected chi connectivity index (χ1v) is 6.56. The zero-order chi connectivity index (χ0) is 14.7. The highest BCUT2D eigenvalue weighted by Crippen LogP contribution is 2.16. The molecular formula is C14H18N2O4. The molecule has 0 bridgehead atoms. The summed E-state index contributed by atoms with van der Waals surface area (Å²) in [4.78, 5) is 22.0. The largest absolute Gasteiger partial charge is 0.480 e. The number of oxazole rings is 1. The van der Waals surface area contributed by atoms with Crippen LogP contribution in [0.5, 0.6) is 0 Å². The van der Waals surface area contributed by atoms with Crippen molar-refractivity contribution in [1.82, 2.24) is 4.57 Å². The molecule has 2 aromatic rings. The highest BCUT2D eigenvalue weighted by molar-refractivity contribution is 5.73. The number of hydrogen-bond acceptors (Lipinski definition) is 4. The van der Waals surface area contributed by atoms with Gasteiger partial charge in [-0.2, -0.15) is 0 Å². The molecule has 0 fully saturated rings. The third-order valence-electron chi connectivity index (χ3n) is 3.40. The van der Waals surface area contributed by atoms with Crippen LogP contribution in [0.4, 0.5) is 0 Å². The SMILES string of the molecule is Cn1c(=O)oc2ccc(CCCCC(N)C(=O)O)cc21. The van der Waals surface area contributed by atoms with Crippen LogP contribution in [-0.4, -0.2) is 21.7 Å². The van der Waals surface area contributed by atoms with Crippen LogP contribution in [-0.2, 0) is 18.3 Å². The van der Waals surface area contributed by atoms with E-state index in [2.05, 4.69) is 0 Å². The van der Waals surface area contributed by atoms with Crippen molar-refractivity contribution in [3.63, 3.8) is 0 Å². The second-order valence-corrected chi connectivity index (χ2v) is 4.92. The Labute approximate surface area is 115 Å². The molecule has 0 aliphatic carbocycles. The fourth-order valence-electron chi connectivity index (χ4n) is 2.14. The predicted molar refractivity (Wildman–Crippen MR) is 74.6 cm³/mol. The van der Waals surface area contributed by atoms with Crippen molar-refractivity contribution in [2.45, 2.75) is 31.7 Å². The summed E-state index contributed by atoms with van der Waals surface area (Å²) in [5.41, 5.74) is 7.89. The van der Waals surface area contributed by atoms with Gasteiger partial charge in [0.25, 0.3) is 0 Å². The van der Waals surface area contributed by atoms with Crippen molar-refractivity contribution in [1.29, 1.82) is 0 Å². The van der Waals surface area contributed by atoms with E-state index in [0.717, 1.165) is 30.3 Å². The molecule has 1 atom stereocenters. The molecule has 0 aliphatic heterocycles. The Kier molecular flexibility index (Phi) is 4.24. The summed E-state index contributed by atoms with van der Waals surface area (Å²) in [6, 6.07) is 4.85. The second-order valence-electron chi connectivity index (χ2n) is 4.92. The summed E-state index contributed by atoms with van der Waals surface area (Å²) in [6.45, 7) is 0. The standard InChI is InChI=1S/C14H18N2O4/c1-16-11-8-9(6-7-12(11)20-14(16)19)4-2-3-5-10(15)13(17)18/h6-8,10H,2-5,15H2,1H3,(H,17,18). The van der Waals surface area contributed by atoms with Crippen LogP contribution in [0.1, 0.15) is 24.8 Å². The minimum absolute atomic E-state index is 0.371. The Morgan fingerprint density at radius 3 is 2.90 bits per heavy atom. The molecule has 0 saturated carbocycles. The quantitative estimate of drug-likeness (QED) is 0.775. The number of aromatic nitrogens is 1. The Hall–Kier alpha value is -2.08. The Morgan fingerprint density at radius 2 is 2.20 bits per heavy atom. The maximum Gasteiger partial charge on any atom is 0.419 e. The lowest BCUT2D eigenvalue weighted by molar-refractivity contribution is -0.138. The van der Waals surface area contributed by atoms with Gasteiger partial charge >= 0.3 is 11.7 Å². The van der Waals surface area contributed by atoms with E-state index >= 15 is 0 Å². The lowest BCUT2D eigenvalue weighted by Crippen LogP contribution is -2.29. The number of carboxylic acid groups (broad SMARTS) is 1. The van der Waals surface area contributed by atoms with E-state index in [1.807, 2.05) is 12.1 Å². The lowest BCUT2D eigenvalue weighted by Gasteiger charge is -2.06. The highest BCUT2D eigenvalue weighted by atomic mass is 16.4. The van der Waals surface area contributed by atoms with Gasteiger partial charge in [0.05, 0.1) is 5.52 Å². The molecule has 2 rings (SSSR count). The summed E-state index contributed by atoms with van der Waals surface area (Å²) in [6.07, 6.45) is 2.91. The van der Waals surface area contributed by atoms with Gasteiger partial charge in [-0.1, -0.05) is 12.5 Å². The molecule has 0 radical (unpaired) electrons. The third kappa shape index (κ3) is 3.08. The number of carbonyl (C=O) groups is 1. The topological polar surface area (TPSA) is 98.5 Å². The first kappa shape index (κ1) is 14.3. The first-order chi connectivity index (χ1) is 9.49. The zero-order valence-electron chi connectivity index (χ0n) is 11.3. The number of unbranched alkanes of at least 4 members (excludes halogenated alkanes) is 1. The summed E-state index contributed by atoms with van der Waals surface area (Å²) in [7, 11) is 1.67. The molecular weight excluding hydrogens is 260 g/mol. The molecule has 1 heterocycles. The van der Waals surface area contributed by atoms with Crippen molar-refractivity contribution < 1.29 is 14.3 Å². The molecule has 6 heteroatoms. The number of aliphatic carboxylic acids is 1. The molecule has 6 nitrogen and oxygen atoms in total. The van der Waals surface area contributed by atoms with E-state index in [1.54, 1.807) is 13.1 Å². The number of benzene rings is 1. The Morgan fingerprint density at radius 1 is 1.45 bits per heavy atom. The predicted octanol–water partition coefficient (Wildman–Crippen LogP) is 1.26. The number of aryl methyl sites for hydroxylation is 2.